The first-order valence-electron chi connectivity index (χ1n) is 11.8. The van der Waals surface area contributed by atoms with Crippen molar-refractivity contribution < 1.29 is 23.4 Å². The summed E-state index contributed by atoms with van der Waals surface area (Å²) in [6, 6.07) is 21.4. The van der Waals surface area contributed by atoms with Crippen molar-refractivity contribution in [1.29, 1.82) is 0 Å². The zero-order chi connectivity index (χ0) is 25.5. The van der Waals surface area contributed by atoms with Gasteiger partial charge in [0, 0.05) is 16.1 Å². The maximum absolute atomic E-state index is 14.5. The number of hydrogen-bond donors (Lipinski definition) is 0. The lowest BCUT2D eigenvalue weighted by atomic mass is 10.0. The summed E-state index contributed by atoms with van der Waals surface area (Å²) in [5.41, 5.74) is 1.04. The summed E-state index contributed by atoms with van der Waals surface area (Å²) in [5.74, 6) is 0.778. The van der Waals surface area contributed by atoms with Gasteiger partial charge in [-0.2, -0.15) is 0 Å². The maximum atomic E-state index is 14.5. The summed E-state index contributed by atoms with van der Waals surface area (Å²) in [6.45, 7) is 2.20. The molecule has 1 aliphatic heterocycles. The molecule has 4 rings (SSSR count). The Labute approximate surface area is 221 Å². The van der Waals surface area contributed by atoms with E-state index in [1.807, 2.05) is 24.3 Å². The van der Waals surface area contributed by atoms with Crippen molar-refractivity contribution in [3.05, 3.63) is 88.4 Å². The molecule has 0 aromatic heterocycles. The molecule has 6 nitrogen and oxygen atoms in total. The predicted octanol–water partition coefficient (Wildman–Crippen LogP) is 6.89. The van der Waals surface area contributed by atoms with Gasteiger partial charge in [0.1, 0.15) is 18.0 Å². The van der Waals surface area contributed by atoms with E-state index < -0.39 is 13.5 Å². The van der Waals surface area contributed by atoms with Crippen LogP contribution in [0, 0.1) is 0 Å². The average Bonchev–Trinajstić information content (AvgIpc) is 3.02. The van der Waals surface area contributed by atoms with Crippen molar-refractivity contribution in [3.8, 4) is 11.5 Å². The Kier molecular flexibility index (Phi) is 9.10. The molecule has 0 bridgehead atoms. The highest BCUT2D eigenvalue weighted by Gasteiger charge is 2.42. The second-order valence-electron chi connectivity index (χ2n) is 8.43. The Bertz CT molecular complexity index is 1200. The zero-order valence-electron chi connectivity index (χ0n) is 19.9. The number of rotatable bonds is 8. The lowest BCUT2D eigenvalue weighted by Crippen LogP contribution is -2.40. The summed E-state index contributed by atoms with van der Waals surface area (Å²) in [6.07, 6.45) is 2.05. The number of benzene rings is 3. The molecule has 1 fully saturated rings. The molecule has 190 valence electrons. The van der Waals surface area contributed by atoms with E-state index in [0.29, 0.717) is 39.9 Å². The number of hydrogen-bond acceptors (Lipinski definition) is 5. The fourth-order valence-corrected chi connectivity index (χ4v) is 6.85. The average molecular weight is 548 g/mol. The molecular formula is C27H28Cl2NO5P. The zero-order valence-corrected chi connectivity index (χ0v) is 22.3. The lowest BCUT2D eigenvalue weighted by Gasteiger charge is -2.34. The van der Waals surface area contributed by atoms with Crippen molar-refractivity contribution in [3.63, 3.8) is 0 Å². The van der Waals surface area contributed by atoms with Gasteiger partial charge < -0.3 is 14.0 Å². The van der Waals surface area contributed by atoms with Crippen LogP contribution in [0.25, 0.3) is 0 Å². The number of halogens is 2. The largest absolute Gasteiger partial charge is 0.465 e. The second kappa shape index (κ2) is 12.3. The molecule has 1 heterocycles. The molecule has 0 saturated carbocycles. The molecule has 1 saturated heterocycles. The minimum atomic E-state index is -3.57. The van der Waals surface area contributed by atoms with E-state index in [2.05, 4.69) is 0 Å². The van der Waals surface area contributed by atoms with Gasteiger partial charge >= 0.3 is 13.5 Å². The molecule has 36 heavy (non-hydrogen) atoms. The quantitative estimate of drug-likeness (QED) is 0.226. The summed E-state index contributed by atoms with van der Waals surface area (Å²) < 4.78 is 33.3. The van der Waals surface area contributed by atoms with Gasteiger partial charge in [-0.3, -0.25) is 9.36 Å². The van der Waals surface area contributed by atoms with Crippen LogP contribution in [0.5, 0.6) is 11.5 Å². The summed E-state index contributed by atoms with van der Waals surface area (Å²) in [5, 5.41) is 1.77. The SMILES string of the molecule is CCOC(=O)CN1C(Cc2ccc(Cl)cc2)CCCOP1(=O)c1ccc(Oc2ccc(Cl)cc2)cc1. The Morgan fingerprint density at radius 1 is 0.972 bits per heavy atom. The second-order valence-corrected chi connectivity index (χ2v) is 11.6. The molecule has 2 unspecified atom stereocenters. The molecule has 0 aliphatic carbocycles. The van der Waals surface area contributed by atoms with Gasteiger partial charge in [-0.25, -0.2) is 4.67 Å². The minimum Gasteiger partial charge on any atom is -0.465 e. The van der Waals surface area contributed by atoms with Crippen molar-refractivity contribution in [2.24, 2.45) is 0 Å². The molecular weight excluding hydrogens is 520 g/mol. The van der Waals surface area contributed by atoms with Gasteiger partial charge in [0.2, 0.25) is 0 Å². The summed E-state index contributed by atoms with van der Waals surface area (Å²) in [4.78, 5) is 12.6. The van der Waals surface area contributed by atoms with Crippen molar-refractivity contribution in [2.45, 2.75) is 32.2 Å². The molecule has 9 heteroatoms. The van der Waals surface area contributed by atoms with Crippen LogP contribution in [0.3, 0.4) is 0 Å². The van der Waals surface area contributed by atoms with Crippen molar-refractivity contribution in [2.75, 3.05) is 19.8 Å². The molecule has 0 radical (unpaired) electrons. The monoisotopic (exact) mass is 547 g/mol. The highest BCUT2D eigenvalue weighted by atomic mass is 35.5. The van der Waals surface area contributed by atoms with Gasteiger partial charge in [0.05, 0.1) is 18.5 Å². The first-order chi connectivity index (χ1) is 17.4. The minimum absolute atomic E-state index is 0.133. The van der Waals surface area contributed by atoms with Crippen LogP contribution >= 0.6 is 30.7 Å². The fourth-order valence-electron chi connectivity index (χ4n) is 4.17. The number of carbonyl (C=O) groups is 1. The first kappa shape index (κ1) is 26.7. The van der Waals surface area contributed by atoms with E-state index in [4.69, 9.17) is 37.2 Å². The topological polar surface area (TPSA) is 65.1 Å². The third kappa shape index (κ3) is 6.70. The van der Waals surface area contributed by atoms with Crippen molar-refractivity contribution >= 4 is 42.0 Å². The fraction of sp³-hybridized carbons (Fsp3) is 0.296. The highest BCUT2D eigenvalue weighted by Crippen LogP contribution is 2.53. The number of nitrogens with zero attached hydrogens (tertiary/aromatic N) is 1. The predicted molar refractivity (Wildman–Crippen MR) is 143 cm³/mol. The Morgan fingerprint density at radius 3 is 2.17 bits per heavy atom. The van der Waals surface area contributed by atoms with E-state index in [-0.39, 0.29) is 19.2 Å². The molecule has 0 N–H and O–H groups in total. The van der Waals surface area contributed by atoms with Crippen LogP contribution in [0.15, 0.2) is 72.8 Å². The van der Waals surface area contributed by atoms with E-state index in [0.717, 1.165) is 18.4 Å². The number of ether oxygens (including phenoxy) is 2. The highest BCUT2D eigenvalue weighted by molar-refractivity contribution is 7.64. The van der Waals surface area contributed by atoms with Gasteiger partial charge in [-0.05, 0) is 92.4 Å². The van der Waals surface area contributed by atoms with Crippen LogP contribution in [-0.2, 0) is 25.0 Å². The van der Waals surface area contributed by atoms with Gasteiger partial charge in [-0.1, -0.05) is 35.3 Å². The molecule has 1 aliphatic rings. The smallest absolute Gasteiger partial charge is 0.320 e. The molecule has 3 aromatic carbocycles. The van der Waals surface area contributed by atoms with Gasteiger partial charge in [0.25, 0.3) is 0 Å². The number of carbonyl (C=O) groups excluding carboxylic acids is 1. The lowest BCUT2D eigenvalue weighted by molar-refractivity contribution is -0.143. The summed E-state index contributed by atoms with van der Waals surface area (Å²) in [7, 11) is -3.57. The molecule has 0 spiro atoms. The third-order valence-corrected chi connectivity index (χ3v) is 9.03. The molecule has 2 atom stereocenters. The standard InChI is InChI=1S/C27H28Cl2NO5P/c1-2-33-27(31)19-30-23(18-20-5-7-21(28)8-6-20)4-3-17-34-36(30,32)26-15-13-25(14-16-26)35-24-11-9-22(29)10-12-24/h5-16,23H,2-4,17-19H2,1H3. The van der Waals surface area contributed by atoms with Crippen LogP contribution < -0.4 is 10.0 Å². The van der Waals surface area contributed by atoms with E-state index in [1.54, 1.807) is 60.1 Å². The Morgan fingerprint density at radius 2 is 1.56 bits per heavy atom. The van der Waals surface area contributed by atoms with E-state index >= 15 is 0 Å². The van der Waals surface area contributed by atoms with Crippen LogP contribution in [0.2, 0.25) is 10.0 Å². The van der Waals surface area contributed by atoms with Crippen LogP contribution in [-0.4, -0.2) is 36.4 Å². The van der Waals surface area contributed by atoms with Crippen LogP contribution in [0.1, 0.15) is 25.3 Å². The molecule has 0 amide bonds. The third-order valence-electron chi connectivity index (χ3n) is 5.90. The van der Waals surface area contributed by atoms with Gasteiger partial charge in [-0.15, -0.1) is 0 Å². The Hall–Kier alpha value is -2.34. The first-order valence-corrected chi connectivity index (χ1v) is 14.2. The van der Waals surface area contributed by atoms with Crippen LogP contribution in [0.4, 0.5) is 0 Å². The Balaban J connectivity index is 1.62. The number of esters is 1. The summed E-state index contributed by atoms with van der Waals surface area (Å²) >= 11 is 12.0. The maximum Gasteiger partial charge on any atom is 0.320 e. The normalized spacial score (nSPS) is 20.5. The van der Waals surface area contributed by atoms with E-state index in [9.17, 15) is 9.36 Å². The van der Waals surface area contributed by atoms with Gasteiger partial charge in [0.15, 0.2) is 0 Å². The van der Waals surface area contributed by atoms with Crippen molar-refractivity contribution in [1.82, 2.24) is 4.67 Å². The van der Waals surface area contributed by atoms with E-state index in [1.165, 1.54) is 0 Å². The molecule has 3 aromatic rings.